The molecule has 0 fully saturated rings. The number of sulfone groups is 1. The number of ether oxygens (including phenoxy) is 1. The standard InChI is InChI=1S/C22H25N5O3S/c1-6-26(7-2)20-17-12-15(4)19(30-5)13-18(17)27-21(23-20)22(24-25-27)31(28,29)16-10-8-14(3)9-11-16/h8-13H,6-7H2,1-5H3. The van der Waals surface area contributed by atoms with Gasteiger partial charge in [-0.05, 0) is 51.5 Å². The van der Waals surface area contributed by atoms with Crippen LogP contribution in [0.25, 0.3) is 16.6 Å². The highest BCUT2D eigenvalue weighted by Gasteiger charge is 2.28. The minimum absolute atomic E-state index is 0.160. The fraction of sp³-hybridized carbons (Fsp3) is 0.318. The summed E-state index contributed by atoms with van der Waals surface area (Å²) in [6, 6.07) is 10.5. The molecule has 0 saturated heterocycles. The van der Waals surface area contributed by atoms with E-state index in [0.29, 0.717) is 17.1 Å². The second-order valence-corrected chi connectivity index (χ2v) is 9.26. The number of benzene rings is 2. The average molecular weight is 440 g/mol. The molecule has 0 aliphatic rings. The van der Waals surface area contributed by atoms with Gasteiger partial charge < -0.3 is 9.64 Å². The van der Waals surface area contributed by atoms with Crippen LogP contribution in [0.1, 0.15) is 25.0 Å². The third-order valence-corrected chi connectivity index (χ3v) is 7.13. The number of fused-ring (bicyclic) bond motifs is 3. The van der Waals surface area contributed by atoms with Gasteiger partial charge in [0.2, 0.25) is 14.9 Å². The van der Waals surface area contributed by atoms with Gasteiger partial charge in [-0.25, -0.2) is 13.4 Å². The van der Waals surface area contributed by atoms with Gasteiger partial charge >= 0.3 is 0 Å². The lowest BCUT2D eigenvalue weighted by Crippen LogP contribution is -2.24. The van der Waals surface area contributed by atoms with Crippen LogP contribution >= 0.6 is 0 Å². The number of hydrogen-bond donors (Lipinski definition) is 0. The van der Waals surface area contributed by atoms with E-state index in [9.17, 15) is 8.42 Å². The van der Waals surface area contributed by atoms with Crippen molar-refractivity contribution >= 4 is 32.2 Å². The summed E-state index contributed by atoms with van der Waals surface area (Å²) in [5, 5.41) is 8.91. The van der Waals surface area contributed by atoms with Crippen molar-refractivity contribution in [3.8, 4) is 5.75 Å². The molecule has 2 aromatic heterocycles. The predicted molar refractivity (Wildman–Crippen MR) is 120 cm³/mol. The topological polar surface area (TPSA) is 89.7 Å². The number of hydrogen-bond acceptors (Lipinski definition) is 7. The molecule has 9 heteroatoms. The molecule has 4 rings (SSSR count). The zero-order chi connectivity index (χ0) is 22.3. The first-order valence-corrected chi connectivity index (χ1v) is 11.6. The van der Waals surface area contributed by atoms with Crippen molar-refractivity contribution in [1.82, 2.24) is 19.8 Å². The highest BCUT2D eigenvalue weighted by molar-refractivity contribution is 7.91. The zero-order valence-corrected chi connectivity index (χ0v) is 19.1. The Hall–Kier alpha value is -3.20. The third-order valence-electron chi connectivity index (χ3n) is 5.46. The molecule has 2 heterocycles. The first-order valence-electron chi connectivity index (χ1n) is 10.1. The van der Waals surface area contributed by atoms with E-state index in [4.69, 9.17) is 9.72 Å². The van der Waals surface area contributed by atoms with E-state index in [2.05, 4.69) is 15.2 Å². The van der Waals surface area contributed by atoms with E-state index in [1.54, 1.807) is 31.4 Å². The van der Waals surface area contributed by atoms with Gasteiger partial charge in [-0.2, -0.15) is 4.52 Å². The van der Waals surface area contributed by atoms with Gasteiger partial charge in [0.15, 0.2) is 5.65 Å². The van der Waals surface area contributed by atoms with Gasteiger partial charge in [-0.15, -0.1) is 5.10 Å². The van der Waals surface area contributed by atoms with Crippen LogP contribution in [0.4, 0.5) is 5.82 Å². The Bertz CT molecular complexity index is 1370. The van der Waals surface area contributed by atoms with E-state index in [1.807, 2.05) is 39.8 Å². The Kier molecular flexibility index (Phi) is 5.30. The van der Waals surface area contributed by atoms with Gasteiger partial charge in [-0.1, -0.05) is 22.9 Å². The summed E-state index contributed by atoms with van der Waals surface area (Å²) < 4.78 is 33.7. The lowest BCUT2D eigenvalue weighted by molar-refractivity contribution is 0.412. The molecule has 0 aliphatic carbocycles. The maximum Gasteiger partial charge on any atom is 0.229 e. The molecule has 0 spiro atoms. The van der Waals surface area contributed by atoms with E-state index in [0.717, 1.165) is 29.6 Å². The molecular formula is C22H25N5O3S. The molecule has 0 saturated carbocycles. The van der Waals surface area contributed by atoms with Crippen LogP contribution < -0.4 is 9.64 Å². The van der Waals surface area contributed by atoms with Crippen LogP contribution in [-0.4, -0.2) is 48.4 Å². The van der Waals surface area contributed by atoms with Crippen LogP contribution in [-0.2, 0) is 9.84 Å². The van der Waals surface area contributed by atoms with Gasteiger partial charge in [0.25, 0.3) is 0 Å². The Morgan fingerprint density at radius 3 is 2.35 bits per heavy atom. The number of methoxy groups -OCH3 is 1. The monoisotopic (exact) mass is 439 g/mol. The van der Waals surface area contributed by atoms with Crippen molar-refractivity contribution in [3.63, 3.8) is 0 Å². The number of anilines is 1. The number of rotatable bonds is 6. The molecule has 0 aliphatic heterocycles. The summed E-state index contributed by atoms with van der Waals surface area (Å²) in [6.45, 7) is 9.39. The lowest BCUT2D eigenvalue weighted by Gasteiger charge is -2.22. The quantitative estimate of drug-likeness (QED) is 0.454. The zero-order valence-electron chi connectivity index (χ0n) is 18.2. The largest absolute Gasteiger partial charge is 0.496 e. The second kappa shape index (κ2) is 7.81. The predicted octanol–water partition coefficient (Wildman–Crippen LogP) is 3.58. The van der Waals surface area contributed by atoms with E-state index in [-0.39, 0.29) is 15.6 Å². The molecule has 0 unspecified atom stereocenters. The molecular weight excluding hydrogens is 414 g/mol. The summed E-state index contributed by atoms with van der Waals surface area (Å²) in [6.07, 6.45) is 0. The first-order chi connectivity index (χ1) is 14.8. The van der Waals surface area contributed by atoms with Gasteiger partial charge in [0, 0.05) is 24.5 Å². The summed E-state index contributed by atoms with van der Waals surface area (Å²) >= 11 is 0. The maximum atomic E-state index is 13.4. The molecule has 0 N–H and O–H groups in total. The molecule has 0 amide bonds. The van der Waals surface area contributed by atoms with Gasteiger partial charge in [0.1, 0.15) is 11.6 Å². The molecule has 2 aromatic carbocycles. The average Bonchev–Trinajstić information content (AvgIpc) is 3.19. The molecule has 31 heavy (non-hydrogen) atoms. The van der Waals surface area contributed by atoms with E-state index in [1.165, 1.54) is 4.52 Å². The van der Waals surface area contributed by atoms with Gasteiger partial charge in [0.05, 0.1) is 17.5 Å². The van der Waals surface area contributed by atoms with Crippen LogP contribution in [0.5, 0.6) is 5.75 Å². The smallest absolute Gasteiger partial charge is 0.229 e. The Labute approximate surface area is 181 Å². The summed E-state index contributed by atoms with van der Waals surface area (Å²) in [4.78, 5) is 7.00. The number of aromatic nitrogens is 4. The van der Waals surface area contributed by atoms with E-state index < -0.39 is 9.84 Å². The van der Waals surface area contributed by atoms with Crippen molar-refractivity contribution in [2.45, 2.75) is 37.6 Å². The first kappa shape index (κ1) is 21.0. The lowest BCUT2D eigenvalue weighted by atomic mass is 10.1. The van der Waals surface area contributed by atoms with E-state index >= 15 is 0 Å². The SMILES string of the molecule is CCN(CC)c1nc2c(S(=O)(=O)c3ccc(C)cc3)nnn2c2cc(OC)c(C)cc12. The Morgan fingerprint density at radius 1 is 1.06 bits per heavy atom. The summed E-state index contributed by atoms with van der Waals surface area (Å²) in [7, 11) is -2.29. The van der Waals surface area contributed by atoms with Crippen LogP contribution in [0.15, 0.2) is 46.3 Å². The molecule has 0 atom stereocenters. The molecule has 0 radical (unpaired) electrons. The van der Waals surface area contributed by atoms with Crippen molar-refractivity contribution in [3.05, 3.63) is 47.5 Å². The minimum atomic E-state index is -3.89. The summed E-state index contributed by atoms with van der Waals surface area (Å²) in [5.41, 5.74) is 2.81. The highest BCUT2D eigenvalue weighted by Crippen LogP contribution is 2.33. The van der Waals surface area contributed by atoms with Crippen LogP contribution in [0.2, 0.25) is 0 Å². The highest BCUT2D eigenvalue weighted by atomic mass is 32.2. The molecule has 4 aromatic rings. The maximum absolute atomic E-state index is 13.4. The van der Waals surface area contributed by atoms with Crippen molar-refractivity contribution in [2.75, 3.05) is 25.1 Å². The van der Waals surface area contributed by atoms with Crippen molar-refractivity contribution < 1.29 is 13.2 Å². The molecule has 8 nitrogen and oxygen atoms in total. The van der Waals surface area contributed by atoms with Gasteiger partial charge in [-0.3, -0.25) is 0 Å². The molecule has 0 bridgehead atoms. The van der Waals surface area contributed by atoms with Crippen molar-refractivity contribution in [1.29, 1.82) is 0 Å². The molecule has 162 valence electrons. The van der Waals surface area contributed by atoms with Crippen molar-refractivity contribution in [2.24, 2.45) is 0 Å². The summed E-state index contributed by atoms with van der Waals surface area (Å²) in [5.74, 6) is 1.38. The normalized spacial score (nSPS) is 11.9. The fourth-order valence-corrected chi connectivity index (χ4v) is 4.93. The number of nitrogens with zero attached hydrogens (tertiary/aromatic N) is 5. The number of aryl methyl sites for hydroxylation is 2. The second-order valence-electron chi connectivity index (χ2n) is 7.39. The fourth-order valence-electron chi connectivity index (χ4n) is 3.70. The Balaban J connectivity index is 2.08. The Morgan fingerprint density at radius 2 is 1.74 bits per heavy atom. The van der Waals surface area contributed by atoms with Crippen LogP contribution in [0, 0.1) is 13.8 Å². The minimum Gasteiger partial charge on any atom is -0.496 e. The third kappa shape index (κ3) is 3.38. The van der Waals surface area contributed by atoms with Crippen LogP contribution in [0.3, 0.4) is 0 Å².